The molecule has 1 atom stereocenters. The van der Waals surface area contributed by atoms with E-state index < -0.39 is 47.4 Å². The summed E-state index contributed by atoms with van der Waals surface area (Å²) in [6.45, 7) is 0.774. The van der Waals surface area contributed by atoms with Gasteiger partial charge in [0, 0.05) is 4.47 Å². The van der Waals surface area contributed by atoms with Crippen LogP contribution in [0.25, 0.3) is 0 Å². The summed E-state index contributed by atoms with van der Waals surface area (Å²) in [5.41, 5.74) is -2.36. The molecule has 2 aromatic carbocycles. The number of alkyl halides is 3. The van der Waals surface area contributed by atoms with Gasteiger partial charge in [-0.2, -0.15) is 13.2 Å². The van der Waals surface area contributed by atoms with Crippen LogP contribution in [-0.2, 0) is 21.3 Å². The zero-order valence-corrected chi connectivity index (χ0v) is 16.6. The maximum absolute atomic E-state index is 13.1. The first-order chi connectivity index (χ1) is 13.5. The Kier molecular flexibility index (Phi) is 5.40. The Bertz CT molecular complexity index is 979. The Hall–Kier alpha value is -2.88. The van der Waals surface area contributed by atoms with E-state index in [1.165, 1.54) is 19.1 Å². The topological polar surface area (TPSA) is 78.5 Å². The number of para-hydroxylation sites is 1. The second kappa shape index (κ2) is 7.51. The Morgan fingerprint density at radius 1 is 1.14 bits per heavy atom. The fraction of sp³-hybridized carbons (Fsp3) is 0.211. The van der Waals surface area contributed by atoms with Gasteiger partial charge in [-0.1, -0.05) is 40.2 Å². The highest BCUT2D eigenvalue weighted by molar-refractivity contribution is 9.10. The van der Waals surface area contributed by atoms with E-state index in [1.54, 1.807) is 24.3 Å². The number of anilines is 1. The number of urea groups is 1. The molecule has 0 radical (unpaired) electrons. The number of benzene rings is 2. The highest BCUT2D eigenvalue weighted by Crippen LogP contribution is 2.35. The minimum absolute atomic E-state index is 0.451. The number of carbonyl (C=O) groups is 3. The van der Waals surface area contributed by atoms with Crippen molar-refractivity contribution in [1.29, 1.82) is 0 Å². The third-order valence-corrected chi connectivity index (χ3v) is 5.03. The highest BCUT2D eigenvalue weighted by atomic mass is 79.9. The molecule has 3 rings (SSSR count). The molecule has 1 fully saturated rings. The molecule has 1 saturated heterocycles. The van der Waals surface area contributed by atoms with Crippen LogP contribution in [0.2, 0.25) is 0 Å². The zero-order valence-electron chi connectivity index (χ0n) is 15.0. The van der Waals surface area contributed by atoms with Gasteiger partial charge in [-0.25, -0.2) is 4.79 Å². The fourth-order valence-corrected chi connectivity index (χ4v) is 3.26. The van der Waals surface area contributed by atoms with Crippen molar-refractivity contribution >= 4 is 39.5 Å². The monoisotopic (exact) mass is 469 g/mol. The highest BCUT2D eigenvalue weighted by Gasteiger charge is 2.49. The molecule has 2 aromatic rings. The lowest BCUT2D eigenvalue weighted by molar-refractivity contribution is -0.137. The van der Waals surface area contributed by atoms with E-state index in [1.807, 2.05) is 0 Å². The summed E-state index contributed by atoms with van der Waals surface area (Å²) < 4.78 is 40.0. The van der Waals surface area contributed by atoms with Crippen LogP contribution >= 0.6 is 15.9 Å². The van der Waals surface area contributed by atoms with Crippen molar-refractivity contribution in [2.75, 3.05) is 11.9 Å². The van der Waals surface area contributed by atoms with Gasteiger partial charge in [0.25, 0.3) is 5.91 Å². The van der Waals surface area contributed by atoms with Crippen LogP contribution in [0.3, 0.4) is 0 Å². The molecule has 0 bridgehead atoms. The smallest absolute Gasteiger partial charge is 0.324 e. The number of hydrogen-bond acceptors (Lipinski definition) is 3. The molecule has 6 nitrogen and oxygen atoms in total. The molecule has 1 aliphatic rings. The van der Waals surface area contributed by atoms with Crippen LogP contribution < -0.4 is 10.6 Å². The van der Waals surface area contributed by atoms with Gasteiger partial charge in [0.1, 0.15) is 12.1 Å². The van der Waals surface area contributed by atoms with E-state index in [4.69, 9.17) is 0 Å². The maximum Gasteiger partial charge on any atom is 0.418 e. The lowest BCUT2D eigenvalue weighted by Gasteiger charge is -2.22. The molecule has 0 unspecified atom stereocenters. The van der Waals surface area contributed by atoms with Crippen molar-refractivity contribution < 1.29 is 27.6 Å². The molecule has 1 aliphatic heterocycles. The third kappa shape index (κ3) is 4.12. The van der Waals surface area contributed by atoms with E-state index in [0.717, 1.165) is 16.6 Å². The van der Waals surface area contributed by atoms with Gasteiger partial charge in [-0.3, -0.25) is 14.5 Å². The minimum Gasteiger partial charge on any atom is -0.324 e. The summed E-state index contributed by atoms with van der Waals surface area (Å²) in [6.07, 6.45) is -4.66. The minimum atomic E-state index is -4.66. The largest absolute Gasteiger partial charge is 0.418 e. The fourth-order valence-electron chi connectivity index (χ4n) is 2.99. The van der Waals surface area contributed by atoms with E-state index in [-0.39, 0.29) is 0 Å². The Morgan fingerprint density at radius 3 is 2.38 bits per heavy atom. The van der Waals surface area contributed by atoms with Crippen LogP contribution in [0.1, 0.15) is 18.1 Å². The van der Waals surface area contributed by atoms with Crippen molar-refractivity contribution in [2.45, 2.75) is 18.6 Å². The number of nitrogens with zero attached hydrogens (tertiary/aromatic N) is 1. The summed E-state index contributed by atoms with van der Waals surface area (Å²) in [6, 6.07) is 10.3. The Labute approximate surface area is 172 Å². The van der Waals surface area contributed by atoms with Crippen molar-refractivity contribution in [3.63, 3.8) is 0 Å². The van der Waals surface area contributed by atoms with Crippen LogP contribution in [0.15, 0.2) is 53.0 Å². The van der Waals surface area contributed by atoms with Crippen LogP contribution in [-0.4, -0.2) is 29.3 Å². The zero-order chi connectivity index (χ0) is 21.4. The van der Waals surface area contributed by atoms with Crippen molar-refractivity contribution in [1.82, 2.24) is 10.2 Å². The SMILES string of the molecule is C[C@@]1(c2ccc(Br)cc2)NC(=O)N(CC(=O)Nc2ccccc2C(F)(F)F)C1=O. The molecule has 1 heterocycles. The van der Waals surface area contributed by atoms with E-state index in [2.05, 4.69) is 26.6 Å². The molecule has 2 N–H and O–H groups in total. The number of amides is 4. The van der Waals surface area contributed by atoms with Gasteiger partial charge in [-0.05, 0) is 36.8 Å². The van der Waals surface area contributed by atoms with Gasteiger partial charge >= 0.3 is 12.2 Å². The van der Waals surface area contributed by atoms with E-state index in [9.17, 15) is 27.6 Å². The summed E-state index contributed by atoms with van der Waals surface area (Å²) in [7, 11) is 0. The molecule has 0 spiro atoms. The van der Waals surface area contributed by atoms with Crippen LogP contribution in [0.5, 0.6) is 0 Å². The lowest BCUT2D eigenvalue weighted by Crippen LogP contribution is -2.42. The summed E-state index contributed by atoms with van der Waals surface area (Å²) in [5.74, 6) is -1.60. The molecule has 152 valence electrons. The van der Waals surface area contributed by atoms with Gasteiger partial charge < -0.3 is 10.6 Å². The number of hydrogen-bond donors (Lipinski definition) is 2. The first-order valence-corrected chi connectivity index (χ1v) is 9.18. The van der Waals surface area contributed by atoms with Gasteiger partial charge in [0.05, 0.1) is 11.3 Å². The standard InChI is InChI=1S/C19H15BrF3N3O3/c1-18(11-6-8-12(20)9-7-11)16(28)26(17(29)25-18)10-15(27)24-14-5-3-2-4-13(14)19(21,22)23/h2-9H,10H2,1H3,(H,24,27)(H,25,29)/t18-/m0/s1. The average molecular weight is 470 g/mol. The van der Waals surface area contributed by atoms with Crippen LogP contribution in [0.4, 0.5) is 23.7 Å². The molecular weight excluding hydrogens is 455 g/mol. The molecule has 4 amide bonds. The Balaban J connectivity index is 1.77. The first kappa shape index (κ1) is 20.8. The second-order valence-electron chi connectivity index (χ2n) is 6.54. The first-order valence-electron chi connectivity index (χ1n) is 8.38. The molecule has 0 saturated carbocycles. The lowest BCUT2D eigenvalue weighted by atomic mass is 9.92. The predicted octanol–water partition coefficient (Wildman–Crippen LogP) is 3.87. The molecular formula is C19H15BrF3N3O3. The summed E-state index contributed by atoms with van der Waals surface area (Å²) >= 11 is 3.28. The van der Waals surface area contributed by atoms with Crippen molar-refractivity contribution in [3.05, 3.63) is 64.1 Å². The average Bonchev–Trinajstić information content (AvgIpc) is 2.86. The van der Waals surface area contributed by atoms with Crippen LogP contribution in [0, 0.1) is 0 Å². The molecule has 29 heavy (non-hydrogen) atoms. The van der Waals surface area contributed by atoms with Gasteiger partial charge in [0.15, 0.2) is 0 Å². The Morgan fingerprint density at radius 2 is 1.76 bits per heavy atom. The number of nitrogens with one attached hydrogen (secondary N) is 2. The molecule has 0 aliphatic carbocycles. The van der Waals surface area contributed by atoms with Gasteiger partial charge in [0.2, 0.25) is 5.91 Å². The third-order valence-electron chi connectivity index (χ3n) is 4.50. The van der Waals surface area contributed by atoms with E-state index >= 15 is 0 Å². The number of imide groups is 1. The normalized spacial score (nSPS) is 19.3. The molecule has 10 heteroatoms. The predicted molar refractivity (Wildman–Crippen MR) is 102 cm³/mol. The summed E-state index contributed by atoms with van der Waals surface area (Å²) in [5, 5.41) is 4.65. The second-order valence-corrected chi connectivity index (χ2v) is 7.46. The van der Waals surface area contributed by atoms with E-state index in [0.29, 0.717) is 10.5 Å². The number of carbonyl (C=O) groups excluding carboxylic acids is 3. The number of rotatable bonds is 4. The molecule has 0 aromatic heterocycles. The van der Waals surface area contributed by atoms with Crippen molar-refractivity contribution in [3.8, 4) is 0 Å². The van der Waals surface area contributed by atoms with Gasteiger partial charge in [-0.15, -0.1) is 0 Å². The number of halogens is 4. The van der Waals surface area contributed by atoms with Crippen molar-refractivity contribution in [2.24, 2.45) is 0 Å². The quantitative estimate of drug-likeness (QED) is 0.667. The summed E-state index contributed by atoms with van der Waals surface area (Å²) in [4.78, 5) is 38.0. The maximum atomic E-state index is 13.1.